The van der Waals surface area contributed by atoms with Crippen molar-refractivity contribution in [2.75, 3.05) is 6.54 Å². The van der Waals surface area contributed by atoms with Gasteiger partial charge in [-0.05, 0) is 11.3 Å². The minimum absolute atomic E-state index is 0.0635. The van der Waals surface area contributed by atoms with E-state index in [2.05, 4.69) is 0 Å². The Kier molecular flexibility index (Phi) is 2.58. The van der Waals surface area contributed by atoms with E-state index < -0.39 is 11.5 Å². The number of hydrogen-bond acceptors (Lipinski definition) is 2. The summed E-state index contributed by atoms with van der Waals surface area (Å²) in [5.74, 6) is -0.219. The van der Waals surface area contributed by atoms with Crippen LogP contribution in [0.4, 0.5) is 4.79 Å². The minimum atomic E-state index is -1.14. The number of hydrogen-bond donors (Lipinski definition) is 1. The molecule has 1 atom stereocenters. The van der Waals surface area contributed by atoms with Crippen LogP contribution < -0.4 is 0 Å². The largest absolute Gasteiger partial charge is 0.465 e. The maximum Gasteiger partial charge on any atom is 0.414 e. The highest BCUT2D eigenvalue weighted by Crippen LogP contribution is 2.46. The fourth-order valence-electron chi connectivity index (χ4n) is 2.51. The third-order valence-electron chi connectivity index (χ3n) is 3.31. The van der Waals surface area contributed by atoms with E-state index in [9.17, 15) is 9.59 Å². The Bertz CT molecular complexity index is 301. The van der Waals surface area contributed by atoms with Gasteiger partial charge in [-0.1, -0.05) is 34.6 Å². The molecule has 86 valence electrons. The van der Waals surface area contributed by atoms with Crippen LogP contribution in [0.2, 0.25) is 0 Å². The standard InChI is InChI=1S/C11H19NO3/c1-10(2,3)7-6-12(9(14)15)8(13)11(7,4)5/h7H,6H2,1-5H3,(H,14,15). The molecule has 1 N–H and O–H groups in total. The Morgan fingerprint density at radius 2 is 1.93 bits per heavy atom. The van der Waals surface area contributed by atoms with Crippen molar-refractivity contribution in [1.29, 1.82) is 0 Å². The average Bonchev–Trinajstić information content (AvgIpc) is 2.22. The first-order valence-corrected chi connectivity index (χ1v) is 5.13. The molecular formula is C11H19NO3. The van der Waals surface area contributed by atoms with Gasteiger partial charge in [-0.2, -0.15) is 0 Å². The van der Waals surface area contributed by atoms with Crippen molar-refractivity contribution < 1.29 is 14.7 Å². The van der Waals surface area contributed by atoms with Gasteiger partial charge in [0.15, 0.2) is 0 Å². The molecule has 1 saturated heterocycles. The minimum Gasteiger partial charge on any atom is -0.465 e. The van der Waals surface area contributed by atoms with Crippen LogP contribution in [0.25, 0.3) is 0 Å². The first kappa shape index (κ1) is 12.0. The SMILES string of the molecule is CC(C)(C)C1CN(C(=O)O)C(=O)C1(C)C. The predicted molar refractivity (Wildman–Crippen MR) is 56.5 cm³/mol. The lowest BCUT2D eigenvalue weighted by molar-refractivity contribution is -0.134. The van der Waals surface area contributed by atoms with Gasteiger partial charge in [0.05, 0.1) is 0 Å². The Morgan fingerprint density at radius 1 is 1.47 bits per heavy atom. The van der Waals surface area contributed by atoms with Gasteiger partial charge >= 0.3 is 6.09 Å². The number of carbonyl (C=O) groups excluding carboxylic acids is 1. The van der Waals surface area contributed by atoms with Gasteiger partial charge in [-0.15, -0.1) is 0 Å². The quantitative estimate of drug-likeness (QED) is 0.671. The van der Waals surface area contributed by atoms with Gasteiger partial charge in [0.2, 0.25) is 5.91 Å². The number of likely N-dealkylation sites (tertiary alicyclic amines) is 1. The van der Waals surface area contributed by atoms with Crippen LogP contribution in [0.5, 0.6) is 0 Å². The molecule has 0 aromatic carbocycles. The van der Waals surface area contributed by atoms with Crippen LogP contribution in [0.1, 0.15) is 34.6 Å². The second kappa shape index (κ2) is 3.22. The Labute approximate surface area is 90.3 Å². The summed E-state index contributed by atoms with van der Waals surface area (Å²) in [6.07, 6.45) is -1.14. The van der Waals surface area contributed by atoms with E-state index in [1.54, 1.807) is 0 Å². The number of carbonyl (C=O) groups is 2. The molecule has 15 heavy (non-hydrogen) atoms. The van der Waals surface area contributed by atoms with E-state index in [1.807, 2.05) is 34.6 Å². The van der Waals surface area contributed by atoms with E-state index in [-0.39, 0.29) is 17.2 Å². The zero-order valence-corrected chi connectivity index (χ0v) is 10.00. The molecule has 0 bridgehead atoms. The summed E-state index contributed by atoms with van der Waals surface area (Å²) in [6.45, 7) is 10.1. The molecule has 4 heteroatoms. The highest BCUT2D eigenvalue weighted by Gasteiger charge is 2.53. The average molecular weight is 213 g/mol. The van der Waals surface area contributed by atoms with Crippen LogP contribution in [0, 0.1) is 16.7 Å². The van der Waals surface area contributed by atoms with Crippen LogP contribution in [0.3, 0.4) is 0 Å². The van der Waals surface area contributed by atoms with Crippen molar-refractivity contribution in [3.63, 3.8) is 0 Å². The third kappa shape index (κ3) is 1.85. The highest BCUT2D eigenvalue weighted by atomic mass is 16.4. The molecular weight excluding hydrogens is 194 g/mol. The summed E-state index contributed by atoms with van der Waals surface area (Å²) in [7, 11) is 0. The second-order valence-corrected chi connectivity index (χ2v) is 5.84. The Balaban J connectivity index is 3.06. The van der Waals surface area contributed by atoms with Crippen molar-refractivity contribution in [1.82, 2.24) is 4.90 Å². The van der Waals surface area contributed by atoms with E-state index in [0.717, 1.165) is 4.90 Å². The molecule has 2 amide bonds. The summed E-state index contributed by atoms with van der Waals surface area (Å²) >= 11 is 0. The molecule has 0 aromatic rings. The predicted octanol–water partition coefficient (Wildman–Crippen LogP) is 2.20. The van der Waals surface area contributed by atoms with Gasteiger partial charge in [0.1, 0.15) is 0 Å². The van der Waals surface area contributed by atoms with Gasteiger partial charge < -0.3 is 5.11 Å². The Morgan fingerprint density at radius 3 is 2.13 bits per heavy atom. The highest BCUT2D eigenvalue weighted by molar-refractivity contribution is 5.96. The summed E-state index contributed by atoms with van der Waals surface area (Å²) in [4.78, 5) is 23.7. The third-order valence-corrected chi connectivity index (χ3v) is 3.31. The van der Waals surface area contributed by atoms with E-state index in [4.69, 9.17) is 5.11 Å². The van der Waals surface area contributed by atoms with Crippen molar-refractivity contribution in [3.05, 3.63) is 0 Å². The summed E-state index contributed by atoms with van der Waals surface area (Å²) in [6, 6.07) is 0. The summed E-state index contributed by atoms with van der Waals surface area (Å²) < 4.78 is 0. The molecule has 0 radical (unpaired) electrons. The van der Waals surface area contributed by atoms with Crippen LogP contribution in [0.15, 0.2) is 0 Å². The number of nitrogens with zero attached hydrogens (tertiary/aromatic N) is 1. The fraction of sp³-hybridized carbons (Fsp3) is 0.818. The van der Waals surface area contributed by atoms with Crippen molar-refractivity contribution in [2.45, 2.75) is 34.6 Å². The molecule has 0 spiro atoms. The van der Waals surface area contributed by atoms with Gasteiger partial charge in [0.25, 0.3) is 0 Å². The molecule has 1 fully saturated rings. The molecule has 0 saturated carbocycles. The second-order valence-electron chi connectivity index (χ2n) is 5.84. The van der Waals surface area contributed by atoms with Crippen LogP contribution >= 0.6 is 0 Å². The zero-order chi connectivity index (χ0) is 12.0. The molecule has 0 aliphatic carbocycles. The van der Waals surface area contributed by atoms with E-state index >= 15 is 0 Å². The normalized spacial score (nSPS) is 25.8. The van der Waals surface area contributed by atoms with Crippen LogP contribution in [-0.2, 0) is 4.79 Å². The van der Waals surface area contributed by atoms with Gasteiger partial charge in [-0.3, -0.25) is 4.79 Å². The lowest BCUT2D eigenvalue weighted by atomic mass is 9.67. The zero-order valence-electron chi connectivity index (χ0n) is 10.00. The molecule has 0 aromatic heterocycles. The maximum absolute atomic E-state index is 11.9. The van der Waals surface area contributed by atoms with E-state index in [1.165, 1.54) is 0 Å². The lowest BCUT2D eigenvalue weighted by Crippen LogP contribution is -2.36. The maximum atomic E-state index is 11.9. The van der Waals surface area contributed by atoms with Crippen molar-refractivity contribution in [3.8, 4) is 0 Å². The number of carboxylic acid groups (broad SMARTS) is 1. The first-order valence-electron chi connectivity index (χ1n) is 5.13. The Hall–Kier alpha value is -1.06. The monoisotopic (exact) mass is 213 g/mol. The van der Waals surface area contributed by atoms with Gasteiger partial charge in [0, 0.05) is 12.0 Å². The lowest BCUT2D eigenvalue weighted by Gasteiger charge is -2.34. The topological polar surface area (TPSA) is 57.6 Å². The van der Waals surface area contributed by atoms with Crippen LogP contribution in [-0.4, -0.2) is 28.6 Å². The molecule has 4 nitrogen and oxygen atoms in total. The molecule has 1 aliphatic rings. The fourth-order valence-corrected chi connectivity index (χ4v) is 2.51. The summed E-state index contributed by atoms with van der Waals surface area (Å²) in [5, 5.41) is 8.90. The van der Waals surface area contributed by atoms with Crippen molar-refractivity contribution in [2.24, 2.45) is 16.7 Å². The smallest absolute Gasteiger partial charge is 0.414 e. The molecule has 1 heterocycles. The first-order chi connectivity index (χ1) is 6.58. The number of amides is 2. The van der Waals surface area contributed by atoms with E-state index in [0.29, 0.717) is 6.54 Å². The molecule has 1 aliphatic heterocycles. The van der Waals surface area contributed by atoms with Gasteiger partial charge in [-0.25, -0.2) is 9.69 Å². The summed E-state index contributed by atoms with van der Waals surface area (Å²) in [5.41, 5.74) is -0.653. The molecule has 1 rings (SSSR count). The van der Waals surface area contributed by atoms with Crippen molar-refractivity contribution >= 4 is 12.0 Å². The number of imide groups is 1. The number of rotatable bonds is 0. The molecule has 1 unspecified atom stereocenters.